The molecule has 5 rings (SSSR count). The van der Waals surface area contributed by atoms with Crippen LogP contribution in [0.2, 0.25) is 0 Å². The third-order valence-electron chi connectivity index (χ3n) is 6.74. The van der Waals surface area contributed by atoms with Gasteiger partial charge in [-0.05, 0) is 49.6 Å². The maximum atomic E-state index is 13.4. The molecule has 1 atom stereocenters. The maximum absolute atomic E-state index is 13.4. The zero-order chi connectivity index (χ0) is 24.9. The fraction of sp³-hybridized carbons (Fsp3) is 0.321. The fourth-order valence-corrected chi connectivity index (χ4v) is 4.74. The van der Waals surface area contributed by atoms with Crippen LogP contribution in [0.5, 0.6) is 0 Å². The lowest BCUT2D eigenvalue weighted by Gasteiger charge is -2.33. The number of nitrogens with one attached hydrogen (secondary N) is 2. The average Bonchev–Trinajstić information content (AvgIpc) is 3.57. The number of nitrogens with zero attached hydrogens (tertiary/aromatic N) is 3. The Morgan fingerprint density at radius 3 is 2.44 bits per heavy atom. The summed E-state index contributed by atoms with van der Waals surface area (Å²) in [6.45, 7) is 3.80. The molecule has 2 aliphatic heterocycles. The van der Waals surface area contributed by atoms with Gasteiger partial charge in [-0.3, -0.25) is 9.69 Å². The molecule has 8 nitrogen and oxygen atoms in total. The fourth-order valence-electron chi connectivity index (χ4n) is 4.74. The summed E-state index contributed by atoms with van der Waals surface area (Å²) in [6.07, 6.45) is 3.82. The van der Waals surface area contributed by atoms with Crippen molar-refractivity contribution in [3.8, 4) is 0 Å². The minimum absolute atomic E-state index is 0.0493. The molecule has 0 aliphatic carbocycles. The highest BCUT2D eigenvalue weighted by Crippen LogP contribution is 2.33. The predicted molar refractivity (Wildman–Crippen MR) is 139 cm³/mol. The molecular formula is C28H31N5O3. The Balaban J connectivity index is 1.17. The van der Waals surface area contributed by atoms with E-state index in [1.165, 1.54) is 5.56 Å². The Bertz CT molecular complexity index is 1200. The number of urea groups is 1. The zero-order valence-electron chi connectivity index (χ0n) is 20.4. The lowest BCUT2D eigenvalue weighted by Crippen LogP contribution is -2.48. The van der Waals surface area contributed by atoms with Crippen molar-refractivity contribution in [2.45, 2.75) is 38.3 Å². The number of benzene rings is 2. The van der Waals surface area contributed by atoms with E-state index < -0.39 is 0 Å². The summed E-state index contributed by atoms with van der Waals surface area (Å²) in [5, 5.41) is 12.2. The SMILES string of the molecule is Cc1ccc(C2=NN(C(=O)CN3CCC(NC(=O)Nc4ccccc4)CC3)C(c3ccco3)C2)cc1. The van der Waals surface area contributed by atoms with Gasteiger partial charge in [-0.1, -0.05) is 48.0 Å². The second-order valence-corrected chi connectivity index (χ2v) is 9.40. The smallest absolute Gasteiger partial charge is 0.319 e. The van der Waals surface area contributed by atoms with E-state index in [0.717, 1.165) is 48.7 Å². The number of likely N-dealkylation sites (tertiary alicyclic amines) is 1. The zero-order valence-corrected chi connectivity index (χ0v) is 20.4. The highest BCUT2D eigenvalue weighted by molar-refractivity contribution is 6.03. The van der Waals surface area contributed by atoms with Gasteiger partial charge in [0.2, 0.25) is 0 Å². The van der Waals surface area contributed by atoms with Crippen LogP contribution < -0.4 is 10.6 Å². The van der Waals surface area contributed by atoms with Gasteiger partial charge in [0.15, 0.2) is 0 Å². The maximum Gasteiger partial charge on any atom is 0.319 e. The van der Waals surface area contributed by atoms with Gasteiger partial charge in [-0.2, -0.15) is 5.10 Å². The van der Waals surface area contributed by atoms with Crippen molar-refractivity contribution >= 4 is 23.3 Å². The Kier molecular flexibility index (Phi) is 7.13. The second kappa shape index (κ2) is 10.8. The van der Waals surface area contributed by atoms with Gasteiger partial charge < -0.3 is 15.1 Å². The van der Waals surface area contributed by atoms with E-state index in [1.54, 1.807) is 11.3 Å². The van der Waals surface area contributed by atoms with Gasteiger partial charge in [0.05, 0.1) is 18.5 Å². The Labute approximate surface area is 211 Å². The first-order chi connectivity index (χ1) is 17.5. The van der Waals surface area contributed by atoms with Crippen LogP contribution in [0.3, 0.4) is 0 Å². The number of carbonyl (C=O) groups excluding carboxylic acids is 2. The quantitative estimate of drug-likeness (QED) is 0.536. The molecule has 0 spiro atoms. The van der Waals surface area contributed by atoms with Crippen LogP contribution in [0.1, 0.15) is 42.2 Å². The van der Waals surface area contributed by atoms with E-state index in [1.807, 2.05) is 54.6 Å². The first-order valence-corrected chi connectivity index (χ1v) is 12.4. The number of anilines is 1. The van der Waals surface area contributed by atoms with Crippen LogP contribution >= 0.6 is 0 Å². The molecule has 0 saturated carbocycles. The summed E-state index contributed by atoms with van der Waals surface area (Å²) >= 11 is 0. The summed E-state index contributed by atoms with van der Waals surface area (Å²) in [5.74, 6) is 0.688. The molecule has 0 radical (unpaired) electrons. The van der Waals surface area contributed by atoms with Gasteiger partial charge in [-0.15, -0.1) is 0 Å². The number of amides is 3. The Morgan fingerprint density at radius 1 is 1.00 bits per heavy atom. The van der Waals surface area contributed by atoms with Gasteiger partial charge in [0.25, 0.3) is 5.91 Å². The molecule has 186 valence electrons. The van der Waals surface area contributed by atoms with Crippen LogP contribution in [0, 0.1) is 6.92 Å². The van der Waals surface area contributed by atoms with Crippen molar-refractivity contribution in [2.24, 2.45) is 5.10 Å². The summed E-state index contributed by atoms with van der Waals surface area (Å²) < 4.78 is 5.66. The van der Waals surface area contributed by atoms with E-state index in [2.05, 4.69) is 34.6 Å². The average molecular weight is 486 g/mol. The molecule has 1 fully saturated rings. The van der Waals surface area contributed by atoms with E-state index >= 15 is 0 Å². The highest BCUT2D eigenvalue weighted by atomic mass is 16.3. The first kappa shape index (κ1) is 23.8. The lowest BCUT2D eigenvalue weighted by molar-refractivity contribution is -0.134. The van der Waals surface area contributed by atoms with Gasteiger partial charge in [0.1, 0.15) is 11.8 Å². The van der Waals surface area contributed by atoms with Crippen molar-refractivity contribution in [3.05, 3.63) is 89.9 Å². The molecule has 3 aromatic rings. The summed E-state index contributed by atoms with van der Waals surface area (Å²) in [5.41, 5.74) is 3.86. The van der Waals surface area contributed by atoms with Crippen LogP contribution in [-0.4, -0.2) is 53.2 Å². The number of piperidine rings is 1. The van der Waals surface area contributed by atoms with Crippen LogP contribution in [0.25, 0.3) is 0 Å². The normalized spacial score (nSPS) is 18.6. The van der Waals surface area contributed by atoms with E-state index in [4.69, 9.17) is 9.52 Å². The number of hydrazone groups is 1. The van der Waals surface area contributed by atoms with Crippen LogP contribution in [-0.2, 0) is 4.79 Å². The van der Waals surface area contributed by atoms with Gasteiger partial charge in [-0.25, -0.2) is 9.80 Å². The lowest BCUT2D eigenvalue weighted by atomic mass is 10.0. The molecule has 1 saturated heterocycles. The first-order valence-electron chi connectivity index (χ1n) is 12.4. The van der Waals surface area contributed by atoms with Crippen molar-refractivity contribution in [2.75, 3.05) is 25.0 Å². The monoisotopic (exact) mass is 485 g/mol. The molecule has 2 N–H and O–H groups in total. The molecule has 2 aliphatic rings. The number of hydrogen-bond donors (Lipinski definition) is 2. The number of aryl methyl sites for hydroxylation is 1. The van der Waals surface area contributed by atoms with Gasteiger partial charge >= 0.3 is 6.03 Å². The van der Waals surface area contributed by atoms with Crippen molar-refractivity contribution in [1.29, 1.82) is 0 Å². The molecule has 0 bridgehead atoms. The van der Waals surface area contributed by atoms with Crippen LogP contribution in [0.4, 0.5) is 10.5 Å². The minimum atomic E-state index is -0.246. The molecule has 2 aromatic carbocycles. The number of hydrogen-bond acceptors (Lipinski definition) is 5. The molecule has 3 amide bonds. The summed E-state index contributed by atoms with van der Waals surface area (Å²) in [4.78, 5) is 27.8. The van der Waals surface area contributed by atoms with Crippen molar-refractivity contribution in [1.82, 2.24) is 15.2 Å². The number of rotatable bonds is 6. The molecular weight excluding hydrogens is 454 g/mol. The third kappa shape index (κ3) is 5.66. The molecule has 1 aromatic heterocycles. The van der Waals surface area contributed by atoms with E-state index in [-0.39, 0.29) is 30.6 Å². The summed E-state index contributed by atoms with van der Waals surface area (Å²) in [7, 11) is 0. The second-order valence-electron chi connectivity index (χ2n) is 9.40. The molecule has 36 heavy (non-hydrogen) atoms. The van der Waals surface area contributed by atoms with Crippen LogP contribution in [0.15, 0.2) is 82.5 Å². The molecule has 1 unspecified atom stereocenters. The standard InChI is InChI=1S/C28H31N5O3/c1-20-9-11-21(12-10-20)24-18-25(26-8-5-17-36-26)33(31-24)27(34)19-32-15-13-23(14-16-32)30-28(35)29-22-6-3-2-4-7-22/h2-12,17,23,25H,13-16,18-19H2,1H3,(H2,29,30,35). The topological polar surface area (TPSA) is 90.2 Å². The highest BCUT2D eigenvalue weighted by Gasteiger charge is 2.35. The predicted octanol–water partition coefficient (Wildman–Crippen LogP) is 4.55. The largest absolute Gasteiger partial charge is 0.467 e. The number of carbonyl (C=O) groups is 2. The Hall–Kier alpha value is -3.91. The molecule has 8 heteroatoms. The van der Waals surface area contributed by atoms with E-state index in [0.29, 0.717) is 6.42 Å². The van der Waals surface area contributed by atoms with Gasteiger partial charge in [0, 0.05) is 31.2 Å². The number of para-hydroxylation sites is 1. The van der Waals surface area contributed by atoms with Crippen molar-refractivity contribution < 1.29 is 14.0 Å². The van der Waals surface area contributed by atoms with Crippen molar-refractivity contribution in [3.63, 3.8) is 0 Å². The summed E-state index contributed by atoms with van der Waals surface area (Å²) in [6, 6.07) is 21.0. The molecule has 3 heterocycles. The Morgan fingerprint density at radius 2 is 1.75 bits per heavy atom. The third-order valence-corrected chi connectivity index (χ3v) is 6.74. The number of furan rings is 1. The van der Waals surface area contributed by atoms with E-state index in [9.17, 15) is 9.59 Å². The minimum Gasteiger partial charge on any atom is -0.467 e.